The molecule has 6 heteroatoms. The third kappa shape index (κ3) is 2.90. The molecular weight excluding hydrogens is 263 g/mol. The molecule has 0 aliphatic rings. The van der Waals surface area contributed by atoms with Gasteiger partial charge in [-0.1, -0.05) is 6.07 Å². The second-order valence-electron chi connectivity index (χ2n) is 4.26. The Morgan fingerprint density at radius 1 is 1.53 bits per heavy atom. The number of rotatable bonds is 4. The SMILES string of the molecule is Cc1nc(CN(C)c2cccc(F)c2C(=N)N)cs1. The molecule has 0 fully saturated rings. The summed E-state index contributed by atoms with van der Waals surface area (Å²) >= 11 is 1.58. The van der Waals surface area contributed by atoms with E-state index in [0.29, 0.717) is 12.2 Å². The minimum Gasteiger partial charge on any atom is -0.384 e. The highest BCUT2D eigenvalue weighted by Crippen LogP contribution is 2.23. The largest absolute Gasteiger partial charge is 0.384 e. The number of nitrogen functional groups attached to an aromatic ring is 1. The van der Waals surface area contributed by atoms with Crippen molar-refractivity contribution in [1.82, 2.24) is 4.98 Å². The Kier molecular flexibility index (Phi) is 3.80. The van der Waals surface area contributed by atoms with Crippen molar-refractivity contribution in [2.75, 3.05) is 11.9 Å². The van der Waals surface area contributed by atoms with Crippen LogP contribution in [0.15, 0.2) is 23.6 Å². The van der Waals surface area contributed by atoms with Gasteiger partial charge in [0.25, 0.3) is 0 Å². The number of halogens is 1. The molecule has 2 aromatic rings. The Bertz CT molecular complexity index is 608. The molecule has 0 unspecified atom stereocenters. The van der Waals surface area contributed by atoms with Crippen molar-refractivity contribution in [2.45, 2.75) is 13.5 Å². The lowest BCUT2D eigenvalue weighted by atomic mass is 10.1. The van der Waals surface area contributed by atoms with Crippen LogP contribution in [0.1, 0.15) is 16.3 Å². The number of thiazole rings is 1. The number of anilines is 1. The fraction of sp³-hybridized carbons (Fsp3) is 0.231. The smallest absolute Gasteiger partial charge is 0.136 e. The van der Waals surface area contributed by atoms with Crippen LogP contribution in [0, 0.1) is 18.2 Å². The van der Waals surface area contributed by atoms with Crippen LogP contribution < -0.4 is 10.6 Å². The summed E-state index contributed by atoms with van der Waals surface area (Å²) in [4.78, 5) is 6.21. The molecule has 0 aliphatic heterocycles. The first kappa shape index (κ1) is 13.5. The van der Waals surface area contributed by atoms with E-state index in [1.165, 1.54) is 6.07 Å². The number of amidine groups is 1. The number of nitrogens with zero attached hydrogens (tertiary/aromatic N) is 2. The summed E-state index contributed by atoms with van der Waals surface area (Å²) in [5.41, 5.74) is 7.11. The molecule has 0 aliphatic carbocycles. The lowest BCUT2D eigenvalue weighted by molar-refractivity contribution is 0.624. The Hall–Kier alpha value is -1.95. The molecule has 3 N–H and O–H groups in total. The summed E-state index contributed by atoms with van der Waals surface area (Å²) in [6.07, 6.45) is 0. The summed E-state index contributed by atoms with van der Waals surface area (Å²) in [6.45, 7) is 2.49. The van der Waals surface area contributed by atoms with Gasteiger partial charge in [0.15, 0.2) is 0 Å². The number of hydrogen-bond acceptors (Lipinski definition) is 4. The first-order valence-corrected chi connectivity index (χ1v) is 6.62. The molecule has 1 heterocycles. The minimum absolute atomic E-state index is 0.136. The fourth-order valence-corrected chi connectivity index (χ4v) is 2.51. The maximum Gasteiger partial charge on any atom is 0.136 e. The van der Waals surface area contributed by atoms with Gasteiger partial charge in [0.2, 0.25) is 0 Å². The zero-order valence-electron chi connectivity index (χ0n) is 10.8. The van der Waals surface area contributed by atoms with Crippen molar-refractivity contribution in [3.05, 3.63) is 45.7 Å². The standard InChI is InChI=1S/C13H15FN4S/c1-8-17-9(7-19-8)6-18(2)11-5-3-4-10(14)12(11)13(15)16/h3-5,7H,6H2,1-2H3,(H3,15,16). The van der Waals surface area contributed by atoms with Gasteiger partial charge in [-0.05, 0) is 19.1 Å². The van der Waals surface area contributed by atoms with Crippen molar-refractivity contribution in [1.29, 1.82) is 5.41 Å². The highest BCUT2D eigenvalue weighted by atomic mass is 32.1. The van der Waals surface area contributed by atoms with Crippen LogP contribution in [0.2, 0.25) is 0 Å². The van der Waals surface area contributed by atoms with Crippen LogP contribution in [0.5, 0.6) is 0 Å². The summed E-state index contributed by atoms with van der Waals surface area (Å²) < 4.78 is 13.7. The van der Waals surface area contributed by atoms with Gasteiger partial charge in [0.1, 0.15) is 11.7 Å². The molecule has 1 aromatic heterocycles. The van der Waals surface area contributed by atoms with Crippen LogP contribution in [0.4, 0.5) is 10.1 Å². The number of benzene rings is 1. The lowest BCUT2D eigenvalue weighted by Gasteiger charge is -2.21. The summed E-state index contributed by atoms with van der Waals surface area (Å²) in [7, 11) is 1.83. The molecule has 0 saturated carbocycles. The predicted octanol–water partition coefficient (Wildman–Crippen LogP) is 2.51. The maximum absolute atomic E-state index is 13.7. The molecule has 0 atom stereocenters. The first-order chi connectivity index (χ1) is 8.99. The van der Waals surface area contributed by atoms with E-state index in [0.717, 1.165) is 10.7 Å². The zero-order chi connectivity index (χ0) is 14.0. The Morgan fingerprint density at radius 3 is 2.84 bits per heavy atom. The number of aromatic nitrogens is 1. The van der Waals surface area contributed by atoms with E-state index in [9.17, 15) is 4.39 Å². The molecule has 0 radical (unpaired) electrons. The van der Waals surface area contributed by atoms with Gasteiger partial charge in [-0.15, -0.1) is 11.3 Å². The quantitative estimate of drug-likeness (QED) is 0.667. The fourth-order valence-electron chi connectivity index (χ4n) is 1.91. The Balaban J connectivity index is 2.31. The van der Waals surface area contributed by atoms with Gasteiger partial charge in [-0.3, -0.25) is 5.41 Å². The number of nitrogens with two attached hydrogens (primary N) is 1. The average Bonchev–Trinajstić information content (AvgIpc) is 2.73. The first-order valence-electron chi connectivity index (χ1n) is 5.74. The molecule has 0 spiro atoms. The Morgan fingerprint density at radius 2 is 2.26 bits per heavy atom. The van der Waals surface area contributed by atoms with Gasteiger partial charge < -0.3 is 10.6 Å². The van der Waals surface area contributed by atoms with Crippen LogP contribution in [-0.4, -0.2) is 17.9 Å². The molecule has 0 bridgehead atoms. The van der Waals surface area contributed by atoms with Gasteiger partial charge in [0, 0.05) is 12.4 Å². The normalized spacial score (nSPS) is 10.5. The van der Waals surface area contributed by atoms with Gasteiger partial charge >= 0.3 is 0 Å². The van der Waals surface area contributed by atoms with E-state index in [2.05, 4.69) is 4.98 Å². The van der Waals surface area contributed by atoms with Crippen molar-refractivity contribution < 1.29 is 4.39 Å². The van der Waals surface area contributed by atoms with Gasteiger partial charge in [0.05, 0.1) is 28.5 Å². The third-order valence-corrected chi connectivity index (χ3v) is 3.56. The van der Waals surface area contributed by atoms with Crippen molar-refractivity contribution >= 4 is 22.9 Å². The van der Waals surface area contributed by atoms with E-state index in [1.54, 1.807) is 23.5 Å². The highest BCUT2D eigenvalue weighted by molar-refractivity contribution is 7.09. The molecule has 2 rings (SSSR count). The van der Waals surface area contributed by atoms with E-state index in [1.807, 2.05) is 24.3 Å². The van der Waals surface area contributed by atoms with Crippen LogP contribution >= 0.6 is 11.3 Å². The average molecular weight is 278 g/mol. The molecule has 19 heavy (non-hydrogen) atoms. The minimum atomic E-state index is -0.480. The zero-order valence-corrected chi connectivity index (χ0v) is 11.6. The Labute approximate surface area is 115 Å². The van der Waals surface area contributed by atoms with Crippen molar-refractivity contribution in [3.63, 3.8) is 0 Å². The molecule has 100 valence electrons. The van der Waals surface area contributed by atoms with E-state index < -0.39 is 5.82 Å². The second kappa shape index (κ2) is 5.36. The lowest BCUT2D eigenvalue weighted by Crippen LogP contribution is -2.23. The van der Waals surface area contributed by atoms with E-state index >= 15 is 0 Å². The van der Waals surface area contributed by atoms with Crippen molar-refractivity contribution in [3.8, 4) is 0 Å². The number of aryl methyl sites for hydroxylation is 1. The number of nitrogens with one attached hydrogen (secondary N) is 1. The second-order valence-corrected chi connectivity index (χ2v) is 5.32. The predicted molar refractivity (Wildman–Crippen MR) is 76.4 cm³/mol. The molecule has 0 saturated heterocycles. The summed E-state index contributed by atoms with van der Waals surface area (Å²) in [5, 5.41) is 10.5. The number of hydrogen-bond donors (Lipinski definition) is 2. The van der Waals surface area contributed by atoms with Gasteiger partial charge in [-0.25, -0.2) is 9.37 Å². The maximum atomic E-state index is 13.7. The summed E-state index contributed by atoms with van der Waals surface area (Å²) in [6, 6.07) is 4.67. The van der Waals surface area contributed by atoms with E-state index in [4.69, 9.17) is 11.1 Å². The van der Waals surface area contributed by atoms with Crippen LogP contribution in [-0.2, 0) is 6.54 Å². The third-order valence-electron chi connectivity index (χ3n) is 2.74. The van der Waals surface area contributed by atoms with Crippen LogP contribution in [0.25, 0.3) is 0 Å². The van der Waals surface area contributed by atoms with Crippen molar-refractivity contribution in [2.24, 2.45) is 5.73 Å². The molecule has 1 aromatic carbocycles. The van der Waals surface area contributed by atoms with E-state index in [-0.39, 0.29) is 11.4 Å². The topological polar surface area (TPSA) is 66.0 Å². The molecule has 4 nitrogen and oxygen atoms in total. The molecular formula is C13H15FN4S. The monoisotopic (exact) mass is 278 g/mol. The highest BCUT2D eigenvalue weighted by Gasteiger charge is 2.15. The van der Waals surface area contributed by atoms with Crippen LogP contribution in [0.3, 0.4) is 0 Å². The van der Waals surface area contributed by atoms with Gasteiger partial charge in [-0.2, -0.15) is 0 Å². The molecule has 0 amide bonds. The summed E-state index contributed by atoms with van der Waals surface area (Å²) in [5.74, 6) is -0.749.